The Morgan fingerprint density at radius 1 is 1.21 bits per heavy atom. The van der Waals surface area contributed by atoms with Crippen LogP contribution >= 0.6 is 0 Å². The fraction of sp³-hybridized carbons (Fsp3) is 0.571. The minimum atomic E-state index is -3.82. The van der Waals surface area contributed by atoms with Crippen molar-refractivity contribution in [1.82, 2.24) is 0 Å². The lowest BCUT2D eigenvalue weighted by atomic mass is 9.95. The van der Waals surface area contributed by atoms with Crippen molar-refractivity contribution in [2.24, 2.45) is 5.92 Å². The molecule has 0 spiro atoms. The van der Waals surface area contributed by atoms with Crippen LogP contribution in [0.1, 0.15) is 24.8 Å². The van der Waals surface area contributed by atoms with Gasteiger partial charge in [-0.1, -0.05) is 36.8 Å². The molecule has 108 valence electrons. The minimum Gasteiger partial charge on any atom is -0.384 e. The van der Waals surface area contributed by atoms with Gasteiger partial charge in [-0.2, -0.15) is 8.42 Å². The van der Waals surface area contributed by atoms with Crippen LogP contribution in [0.15, 0.2) is 30.3 Å². The topological polar surface area (TPSA) is 63.6 Å². The zero-order valence-corrected chi connectivity index (χ0v) is 12.1. The SMILES string of the molecule is COC[C@@H](CCCCS(=O)(=O)O)Cc1ccccc1. The van der Waals surface area contributed by atoms with E-state index in [4.69, 9.17) is 9.29 Å². The summed E-state index contributed by atoms with van der Waals surface area (Å²) in [4.78, 5) is 0. The van der Waals surface area contributed by atoms with Gasteiger partial charge < -0.3 is 4.74 Å². The third-order valence-corrected chi connectivity index (χ3v) is 3.84. The Morgan fingerprint density at radius 2 is 1.89 bits per heavy atom. The number of rotatable bonds is 9. The summed E-state index contributed by atoms with van der Waals surface area (Å²) in [5, 5.41) is 0. The van der Waals surface area contributed by atoms with Crippen LogP contribution in [0.5, 0.6) is 0 Å². The van der Waals surface area contributed by atoms with E-state index in [1.807, 2.05) is 18.2 Å². The second kappa shape index (κ2) is 8.30. The maximum atomic E-state index is 10.6. The fourth-order valence-corrected chi connectivity index (χ4v) is 2.71. The summed E-state index contributed by atoms with van der Waals surface area (Å²) in [5.74, 6) is 0.228. The summed E-state index contributed by atoms with van der Waals surface area (Å²) >= 11 is 0. The summed E-state index contributed by atoms with van der Waals surface area (Å²) in [7, 11) is -2.15. The Balaban J connectivity index is 2.36. The first-order valence-electron chi connectivity index (χ1n) is 6.49. The van der Waals surface area contributed by atoms with Crippen molar-refractivity contribution in [3.63, 3.8) is 0 Å². The van der Waals surface area contributed by atoms with Gasteiger partial charge in [0.1, 0.15) is 0 Å². The van der Waals surface area contributed by atoms with Gasteiger partial charge in [0.2, 0.25) is 0 Å². The number of methoxy groups -OCH3 is 1. The number of hydrogen-bond acceptors (Lipinski definition) is 3. The molecule has 1 aromatic carbocycles. The Morgan fingerprint density at radius 3 is 2.47 bits per heavy atom. The highest BCUT2D eigenvalue weighted by Crippen LogP contribution is 2.16. The molecule has 19 heavy (non-hydrogen) atoms. The first-order chi connectivity index (χ1) is 9.01. The maximum absolute atomic E-state index is 10.6. The van der Waals surface area contributed by atoms with Crippen LogP contribution in [0.4, 0.5) is 0 Å². The van der Waals surface area contributed by atoms with Gasteiger partial charge >= 0.3 is 0 Å². The number of benzene rings is 1. The van der Waals surface area contributed by atoms with E-state index in [0.717, 1.165) is 19.3 Å². The lowest BCUT2D eigenvalue weighted by Crippen LogP contribution is -2.12. The van der Waals surface area contributed by atoms with Crippen LogP contribution in [0, 0.1) is 5.92 Å². The predicted octanol–water partition coefficient (Wildman–Crippen LogP) is 2.55. The third kappa shape index (κ3) is 7.97. The van der Waals surface area contributed by atoms with E-state index in [2.05, 4.69) is 12.1 Å². The van der Waals surface area contributed by atoms with Gasteiger partial charge in [0.05, 0.1) is 5.75 Å². The Hall–Kier alpha value is -0.910. The van der Waals surface area contributed by atoms with Gasteiger partial charge in [-0.05, 0) is 30.7 Å². The highest BCUT2D eigenvalue weighted by atomic mass is 32.2. The van der Waals surface area contributed by atoms with E-state index in [1.54, 1.807) is 7.11 Å². The van der Waals surface area contributed by atoms with Crippen LogP contribution < -0.4 is 0 Å². The highest BCUT2D eigenvalue weighted by Gasteiger charge is 2.11. The van der Waals surface area contributed by atoms with Gasteiger partial charge in [-0.15, -0.1) is 0 Å². The van der Waals surface area contributed by atoms with Gasteiger partial charge in [0.25, 0.3) is 10.1 Å². The van der Waals surface area contributed by atoms with E-state index in [-0.39, 0.29) is 5.75 Å². The smallest absolute Gasteiger partial charge is 0.264 e. The van der Waals surface area contributed by atoms with E-state index < -0.39 is 10.1 Å². The molecule has 0 saturated carbocycles. The van der Waals surface area contributed by atoms with Crippen LogP contribution in [-0.4, -0.2) is 32.4 Å². The first-order valence-corrected chi connectivity index (χ1v) is 8.10. The molecule has 0 bridgehead atoms. The summed E-state index contributed by atoms with van der Waals surface area (Å²) in [6, 6.07) is 10.2. The molecule has 1 N–H and O–H groups in total. The zero-order chi connectivity index (χ0) is 14.1. The molecule has 0 unspecified atom stereocenters. The molecule has 1 aromatic rings. The fourth-order valence-electron chi connectivity index (χ4n) is 2.14. The molecule has 5 heteroatoms. The summed E-state index contributed by atoms with van der Waals surface area (Å²) in [6.45, 7) is 0.667. The van der Waals surface area contributed by atoms with Crippen molar-refractivity contribution in [2.45, 2.75) is 25.7 Å². The molecule has 0 aliphatic rings. The highest BCUT2D eigenvalue weighted by molar-refractivity contribution is 7.85. The molecular formula is C14H22O4S. The molecule has 0 fully saturated rings. The van der Waals surface area contributed by atoms with Gasteiger partial charge in [0, 0.05) is 13.7 Å². The molecule has 0 heterocycles. The maximum Gasteiger partial charge on any atom is 0.264 e. The molecule has 1 atom stereocenters. The van der Waals surface area contributed by atoms with Gasteiger partial charge in [0.15, 0.2) is 0 Å². The molecule has 0 radical (unpaired) electrons. The standard InChI is InChI=1S/C14H22O4S/c1-18-12-14(9-5-6-10-19(15,16)17)11-13-7-3-2-4-8-13/h2-4,7-8,14H,5-6,9-12H2,1H3,(H,15,16,17)/t14-/m0/s1. The number of ether oxygens (including phenoxy) is 1. The average molecular weight is 286 g/mol. The van der Waals surface area contributed by atoms with E-state index in [1.165, 1.54) is 5.56 Å². The second-order valence-electron chi connectivity index (χ2n) is 4.79. The summed E-state index contributed by atoms with van der Waals surface area (Å²) in [5.41, 5.74) is 1.26. The summed E-state index contributed by atoms with van der Waals surface area (Å²) < 4.78 is 35.1. The van der Waals surface area contributed by atoms with Crippen LogP contribution in [0.2, 0.25) is 0 Å². The monoisotopic (exact) mass is 286 g/mol. The van der Waals surface area contributed by atoms with Crippen molar-refractivity contribution < 1.29 is 17.7 Å². The van der Waals surface area contributed by atoms with E-state index in [9.17, 15) is 8.42 Å². The quantitative estimate of drug-likeness (QED) is 0.560. The van der Waals surface area contributed by atoms with E-state index in [0.29, 0.717) is 18.9 Å². The molecule has 0 aliphatic heterocycles. The normalized spacial score (nSPS) is 13.4. The molecule has 4 nitrogen and oxygen atoms in total. The number of unbranched alkanes of at least 4 members (excludes halogenated alkanes) is 1. The third-order valence-electron chi connectivity index (χ3n) is 3.03. The largest absolute Gasteiger partial charge is 0.384 e. The van der Waals surface area contributed by atoms with Gasteiger partial charge in [-0.3, -0.25) is 4.55 Å². The lowest BCUT2D eigenvalue weighted by molar-refractivity contribution is 0.146. The minimum absolute atomic E-state index is 0.155. The van der Waals surface area contributed by atoms with Crippen LogP contribution in [0.25, 0.3) is 0 Å². The molecular weight excluding hydrogens is 264 g/mol. The molecule has 0 saturated heterocycles. The summed E-state index contributed by atoms with van der Waals surface area (Å²) in [6.07, 6.45) is 3.10. The van der Waals surface area contributed by atoms with Crippen molar-refractivity contribution in [3.8, 4) is 0 Å². The van der Waals surface area contributed by atoms with E-state index >= 15 is 0 Å². The van der Waals surface area contributed by atoms with Crippen LogP contribution in [-0.2, 0) is 21.3 Å². The number of hydrogen-bond donors (Lipinski definition) is 1. The molecule has 0 aliphatic carbocycles. The van der Waals surface area contributed by atoms with Crippen molar-refractivity contribution >= 4 is 10.1 Å². The second-order valence-corrected chi connectivity index (χ2v) is 6.36. The predicted molar refractivity (Wildman–Crippen MR) is 75.8 cm³/mol. The van der Waals surface area contributed by atoms with Crippen LogP contribution in [0.3, 0.4) is 0 Å². The van der Waals surface area contributed by atoms with Gasteiger partial charge in [-0.25, -0.2) is 0 Å². The first kappa shape index (κ1) is 16.1. The lowest BCUT2D eigenvalue weighted by Gasteiger charge is -2.15. The molecule has 1 rings (SSSR count). The average Bonchev–Trinajstić information content (AvgIpc) is 2.35. The molecule has 0 amide bonds. The van der Waals surface area contributed by atoms with Crippen molar-refractivity contribution in [2.75, 3.05) is 19.5 Å². The van der Waals surface area contributed by atoms with Crippen molar-refractivity contribution in [1.29, 1.82) is 0 Å². The Bertz CT molecular complexity index is 442. The Kier molecular flexibility index (Phi) is 7.05. The van der Waals surface area contributed by atoms with Crippen molar-refractivity contribution in [3.05, 3.63) is 35.9 Å². The zero-order valence-electron chi connectivity index (χ0n) is 11.3. The molecule has 0 aromatic heterocycles. The Labute approximate surface area is 115 Å².